The molecule has 0 fully saturated rings. The van der Waals surface area contributed by atoms with Crippen molar-refractivity contribution in [1.29, 1.82) is 0 Å². The summed E-state index contributed by atoms with van der Waals surface area (Å²) < 4.78 is 6.23. The first-order chi connectivity index (χ1) is 14.8. The number of nitrogens with zero attached hydrogens (tertiary/aromatic N) is 1. The Balaban J connectivity index is 1.67. The van der Waals surface area contributed by atoms with Gasteiger partial charge in [0.15, 0.2) is 12.0 Å². The van der Waals surface area contributed by atoms with Crippen LogP contribution in [0.25, 0.3) is 22.2 Å². The topological polar surface area (TPSA) is 29.5 Å². The van der Waals surface area contributed by atoms with Crippen molar-refractivity contribution in [3.8, 4) is 0 Å². The number of aldehydes is 1. The van der Waals surface area contributed by atoms with E-state index in [2.05, 4.69) is 54.6 Å². The predicted molar refractivity (Wildman–Crippen MR) is 120 cm³/mol. The molecule has 0 saturated heterocycles. The Kier molecular flexibility index (Phi) is 4.78. The minimum atomic E-state index is -0.665. The van der Waals surface area contributed by atoms with Gasteiger partial charge in [0.25, 0.3) is 0 Å². The van der Waals surface area contributed by atoms with Gasteiger partial charge >= 0.3 is 0 Å². The molecular weight excluding hydrogens is 370 g/mol. The van der Waals surface area contributed by atoms with Crippen LogP contribution in [0.2, 0.25) is 0 Å². The van der Waals surface area contributed by atoms with Gasteiger partial charge in [-0.05, 0) is 22.4 Å². The zero-order valence-electron chi connectivity index (χ0n) is 16.4. The maximum absolute atomic E-state index is 12.0. The van der Waals surface area contributed by atoms with E-state index < -0.39 is 6.23 Å². The number of carbonyl (C=O) groups is 1. The number of ether oxygens (including phenoxy) is 1. The molecule has 0 bridgehead atoms. The fraction of sp³-hybridized carbons (Fsp3) is 0.0741. The lowest BCUT2D eigenvalue weighted by atomic mass is 10.0. The Hall–Kier alpha value is -3.85. The summed E-state index contributed by atoms with van der Waals surface area (Å²) in [6, 6.07) is 34.8. The Morgan fingerprint density at radius 1 is 0.733 bits per heavy atom. The lowest BCUT2D eigenvalue weighted by Gasteiger charge is -2.24. The first-order valence-corrected chi connectivity index (χ1v) is 10.0. The molecule has 1 heterocycles. The molecule has 3 nitrogen and oxygen atoms in total. The highest BCUT2D eigenvalue weighted by molar-refractivity contribution is 5.94. The highest BCUT2D eigenvalue weighted by atomic mass is 16.5. The van der Waals surface area contributed by atoms with Crippen LogP contribution in [-0.4, -0.2) is 17.4 Å². The van der Waals surface area contributed by atoms with Crippen molar-refractivity contribution in [1.82, 2.24) is 4.90 Å². The molecule has 0 radical (unpaired) electrons. The van der Waals surface area contributed by atoms with Crippen molar-refractivity contribution in [2.24, 2.45) is 0 Å². The molecule has 1 atom stereocenters. The highest BCUT2D eigenvalue weighted by Crippen LogP contribution is 2.40. The number of hydrogen-bond donors (Lipinski definition) is 0. The standard InChI is InChI=1S/C27H21NO2/c29-19-25-28(18-20-9-3-1-4-10-20)26(22-12-5-2-6-13-22)27(30-25)24-16-15-21-11-7-8-14-23(21)17-24/h1-17,19,25H,18H2. The molecule has 146 valence electrons. The van der Waals surface area contributed by atoms with Gasteiger partial charge in [0.2, 0.25) is 6.23 Å². The van der Waals surface area contributed by atoms with Gasteiger partial charge < -0.3 is 9.64 Å². The predicted octanol–water partition coefficient (Wildman–Crippen LogP) is 5.72. The van der Waals surface area contributed by atoms with Gasteiger partial charge in [-0.15, -0.1) is 0 Å². The summed E-state index contributed by atoms with van der Waals surface area (Å²) in [5.74, 6) is 0.736. The molecular formula is C27H21NO2. The van der Waals surface area contributed by atoms with Gasteiger partial charge in [-0.3, -0.25) is 4.79 Å². The van der Waals surface area contributed by atoms with E-state index in [1.807, 2.05) is 53.4 Å². The van der Waals surface area contributed by atoms with E-state index in [0.29, 0.717) is 6.54 Å². The summed E-state index contributed by atoms with van der Waals surface area (Å²) >= 11 is 0. The third kappa shape index (κ3) is 3.35. The fourth-order valence-electron chi connectivity index (χ4n) is 3.98. The number of rotatable bonds is 5. The van der Waals surface area contributed by atoms with E-state index in [9.17, 15) is 4.79 Å². The summed E-state index contributed by atoms with van der Waals surface area (Å²) in [6.45, 7) is 0.589. The molecule has 0 aliphatic carbocycles. The number of hydrogen-bond acceptors (Lipinski definition) is 3. The van der Waals surface area contributed by atoms with E-state index in [1.54, 1.807) is 0 Å². The van der Waals surface area contributed by atoms with E-state index in [0.717, 1.165) is 39.8 Å². The maximum Gasteiger partial charge on any atom is 0.229 e. The van der Waals surface area contributed by atoms with Crippen LogP contribution in [0.15, 0.2) is 103 Å². The van der Waals surface area contributed by atoms with Crippen LogP contribution in [0.3, 0.4) is 0 Å². The first-order valence-electron chi connectivity index (χ1n) is 10.0. The molecule has 0 aromatic heterocycles. The average molecular weight is 391 g/mol. The summed E-state index contributed by atoms with van der Waals surface area (Å²) in [5.41, 5.74) is 4.06. The summed E-state index contributed by atoms with van der Waals surface area (Å²) in [7, 11) is 0. The highest BCUT2D eigenvalue weighted by Gasteiger charge is 2.34. The second-order valence-corrected chi connectivity index (χ2v) is 7.36. The molecule has 3 heteroatoms. The fourth-order valence-corrected chi connectivity index (χ4v) is 3.98. The molecule has 4 aromatic rings. The van der Waals surface area contributed by atoms with Gasteiger partial charge in [0, 0.05) is 17.7 Å². The van der Waals surface area contributed by atoms with Crippen molar-refractivity contribution in [2.75, 3.05) is 0 Å². The second kappa shape index (κ2) is 7.88. The first kappa shape index (κ1) is 18.2. The molecule has 1 aliphatic rings. The monoisotopic (exact) mass is 391 g/mol. The maximum atomic E-state index is 12.0. The van der Waals surface area contributed by atoms with Crippen LogP contribution in [0, 0.1) is 0 Å². The zero-order valence-corrected chi connectivity index (χ0v) is 16.4. The SMILES string of the molecule is O=CC1OC(c2ccc3ccccc3c2)=C(c2ccccc2)N1Cc1ccccc1. The molecule has 1 aliphatic heterocycles. The van der Waals surface area contributed by atoms with E-state index >= 15 is 0 Å². The Morgan fingerprint density at radius 3 is 2.13 bits per heavy atom. The number of fused-ring (bicyclic) bond motifs is 1. The minimum absolute atomic E-state index is 0.589. The van der Waals surface area contributed by atoms with E-state index in [-0.39, 0.29) is 0 Å². The normalized spacial score (nSPS) is 16.0. The van der Waals surface area contributed by atoms with Crippen LogP contribution in [-0.2, 0) is 16.1 Å². The molecule has 30 heavy (non-hydrogen) atoms. The lowest BCUT2D eigenvalue weighted by Crippen LogP contribution is -2.31. The quantitative estimate of drug-likeness (QED) is 0.407. The van der Waals surface area contributed by atoms with Crippen molar-refractivity contribution >= 4 is 28.5 Å². The molecule has 0 saturated carbocycles. The van der Waals surface area contributed by atoms with Crippen molar-refractivity contribution in [2.45, 2.75) is 12.8 Å². The summed E-state index contributed by atoms with van der Waals surface area (Å²) in [5, 5.41) is 2.32. The zero-order chi connectivity index (χ0) is 20.3. The third-order valence-electron chi connectivity index (χ3n) is 5.42. The molecule has 4 aromatic carbocycles. The second-order valence-electron chi connectivity index (χ2n) is 7.36. The van der Waals surface area contributed by atoms with Crippen molar-refractivity contribution in [3.05, 3.63) is 120 Å². The van der Waals surface area contributed by atoms with Gasteiger partial charge in [-0.25, -0.2) is 0 Å². The van der Waals surface area contributed by atoms with Gasteiger partial charge in [-0.2, -0.15) is 0 Å². The lowest BCUT2D eigenvalue weighted by molar-refractivity contribution is -0.119. The van der Waals surface area contributed by atoms with Gasteiger partial charge in [0.1, 0.15) is 0 Å². The molecule has 1 unspecified atom stereocenters. The third-order valence-corrected chi connectivity index (χ3v) is 5.42. The summed E-state index contributed by atoms with van der Waals surface area (Å²) in [4.78, 5) is 14.0. The smallest absolute Gasteiger partial charge is 0.229 e. The van der Waals surface area contributed by atoms with Crippen molar-refractivity contribution < 1.29 is 9.53 Å². The van der Waals surface area contributed by atoms with Gasteiger partial charge in [0.05, 0.1) is 5.70 Å². The van der Waals surface area contributed by atoms with Crippen LogP contribution in [0.1, 0.15) is 16.7 Å². The van der Waals surface area contributed by atoms with Crippen LogP contribution in [0.5, 0.6) is 0 Å². The Morgan fingerprint density at radius 2 is 1.40 bits per heavy atom. The molecule has 0 N–H and O–H groups in total. The number of carbonyl (C=O) groups excluding carboxylic acids is 1. The number of benzene rings is 4. The van der Waals surface area contributed by atoms with Gasteiger partial charge in [-0.1, -0.05) is 97.1 Å². The minimum Gasteiger partial charge on any atom is -0.461 e. The average Bonchev–Trinajstić information content (AvgIpc) is 3.18. The summed E-state index contributed by atoms with van der Waals surface area (Å²) in [6.07, 6.45) is 0.210. The van der Waals surface area contributed by atoms with E-state index in [4.69, 9.17) is 4.74 Å². The largest absolute Gasteiger partial charge is 0.461 e. The van der Waals surface area contributed by atoms with Crippen LogP contribution < -0.4 is 0 Å². The Labute approximate surface area is 175 Å². The molecule has 0 spiro atoms. The molecule has 0 amide bonds. The van der Waals surface area contributed by atoms with E-state index in [1.165, 1.54) is 5.39 Å². The Bertz CT molecular complexity index is 1220. The van der Waals surface area contributed by atoms with Crippen LogP contribution in [0.4, 0.5) is 0 Å². The van der Waals surface area contributed by atoms with Crippen LogP contribution >= 0.6 is 0 Å². The molecule has 5 rings (SSSR count). The van der Waals surface area contributed by atoms with Crippen molar-refractivity contribution in [3.63, 3.8) is 0 Å².